The van der Waals surface area contributed by atoms with Crippen LogP contribution in [0.5, 0.6) is 0 Å². The van der Waals surface area contributed by atoms with Gasteiger partial charge in [-0.25, -0.2) is 0 Å². The molecule has 2 nitrogen and oxygen atoms in total. The summed E-state index contributed by atoms with van der Waals surface area (Å²) in [4.78, 5) is 0. The minimum atomic E-state index is -4.02. The van der Waals surface area contributed by atoms with Crippen molar-refractivity contribution >= 4 is 16.3 Å². The van der Waals surface area contributed by atoms with Gasteiger partial charge in [-0.15, -0.1) is 0 Å². The van der Waals surface area contributed by atoms with Crippen molar-refractivity contribution < 1.29 is 12.4 Å². The molecule has 0 saturated heterocycles. The molecule has 5 heavy (non-hydrogen) atoms. The normalized spacial score (nSPS) is 47.4. The third kappa shape index (κ3) is 4.62. The van der Waals surface area contributed by atoms with Gasteiger partial charge < -0.3 is 9.67 Å². The van der Waals surface area contributed by atoms with Gasteiger partial charge in [0.25, 0.3) is 0 Å². The van der Waals surface area contributed by atoms with E-state index in [1.807, 2.05) is 0 Å². The van der Waals surface area contributed by atoms with Gasteiger partial charge in [-0.3, -0.25) is 0 Å². The zero-order valence-electron chi connectivity index (χ0n) is 6.30. The molecule has 0 aromatic heterocycles. The zero-order chi connectivity index (χ0) is 7.71. The summed E-state index contributed by atoms with van der Waals surface area (Å²) < 4.78 is 36.3. The van der Waals surface area contributed by atoms with Gasteiger partial charge in [-0.1, -0.05) is 8.87 Å². The van der Waals surface area contributed by atoms with Crippen LogP contribution in [0.3, 0.4) is 0 Å². The molecule has 0 amide bonds. The first-order valence-corrected chi connectivity index (χ1v) is 3.45. The molecule has 0 radical (unpaired) electrons. The lowest BCUT2D eigenvalue weighted by Gasteiger charge is -1.74. The van der Waals surface area contributed by atoms with Crippen LogP contribution in [0.2, 0.25) is 0 Å². The summed E-state index contributed by atoms with van der Waals surface area (Å²) in [6.45, 7) is 0. The van der Waals surface area contributed by atoms with Crippen molar-refractivity contribution in [3.8, 4) is 0 Å². The maximum Gasteiger partial charge on any atom is 0.114 e. The Morgan fingerprint density at radius 1 is 3.20 bits per heavy atom. The minimum absolute atomic E-state index is 1.12. The SMILES string of the molecule is [2H]C([3H])(O)P([2H])(=O)P[3H]. The highest BCUT2D eigenvalue weighted by atomic mass is 32.0. The zero-order valence-corrected chi connectivity index (χ0v) is 4.20. The van der Waals surface area contributed by atoms with Gasteiger partial charge in [0.15, 0.2) is 0 Å². The molecule has 0 spiro atoms. The molecule has 0 fully saturated rings. The van der Waals surface area contributed by atoms with Gasteiger partial charge >= 0.3 is 0 Å². The van der Waals surface area contributed by atoms with Crippen LogP contribution in [-0.2, 0) is 4.57 Å². The van der Waals surface area contributed by atoms with Crippen LogP contribution >= 0.6 is 16.3 Å². The number of rotatable bonds is 2. The van der Waals surface area contributed by atoms with Crippen molar-refractivity contribution in [2.24, 2.45) is 0 Å². The lowest BCUT2D eigenvalue weighted by atomic mass is 11.7. The van der Waals surface area contributed by atoms with Gasteiger partial charge in [-0.05, 0) is 0 Å². The van der Waals surface area contributed by atoms with Gasteiger partial charge in [0.2, 0.25) is 0 Å². The van der Waals surface area contributed by atoms with Crippen LogP contribution in [0.25, 0.3) is 0 Å². The molecule has 0 rings (SSSR count). The van der Waals surface area contributed by atoms with Gasteiger partial charge in [-0.2, -0.15) is 0 Å². The second-order valence-corrected chi connectivity index (χ2v) is 2.40. The van der Waals surface area contributed by atoms with Gasteiger partial charge in [0, 0.05) is 0 Å². The first-order chi connectivity index (χ1) is 3.81. The Bertz CT molecular complexity index is 140. The van der Waals surface area contributed by atoms with E-state index in [0.717, 1.165) is 0 Å². The van der Waals surface area contributed by atoms with E-state index < -0.39 is 22.6 Å². The Morgan fingerprint density at radius 3 is 3.80 bits per heavy atom. The third-order valence-electron chi connectivity index (χ3n) is 0.0908. The smallest absolute Gasteiger partial charge is 0.114 e. The van der Waals surface area contributed by atoms with Crippen LogP contribution in [-0.4, -0.2) is 14.0 Å². The fourth-order valence-electron chi connectivity index (χ4n) is 0. The molecule has 4 heteroatoms. The molecule has 0 aliphatic rings. The Morgan fingerprint density at radius 2 is 3.80 bits per heavy atom. The molecule has 0 bridgehead atoms. The second-order valence-electron chi connectivity index (χ2n) is 0.394. The van der Waals surface area contributed by atoms with E-state index in [4.69, 9.17) is 10.4 Å². The molecular formula is CH6O2P2. The standard InChI is InChI=1S/CH6O2P2/c2-1-5(3)4/h2,5H,1,4H2/i1TD,4T,5D. The van der Waals surface area contributed by atoms with E-state index in [1.54, 1.807) is 0 Å². The van der Waals surface area contributed by atoms with E-state index in [2.05, 4.69) is 0 Å². The Hall–Kier alpha value is 0.620. The fourth-order valence-corrected chi connectivity index (χ4v) is 0. The molecule has 0 aliphatic heterocycles. The summed E-state index contributed by atoms with van der Waals surface area (Å²) in [5.74, 6) is 0. The molecule has 0 saturated carbocycles. The van der Waals surface area contributed by atoms with Crippen molar-refractivity contribution in [2.75, 3.05) is 6.30 Å². The molecule has 0 aromatic carbocycles. The van der Waals surface area contributed by atoms with Gasteiger partial charge in [0.05, 0.1) is 10.3 Å². The Labute approximate surface area is 38.8 Å². The second kappa shape index (κ2) is 2.84. The van der Waals surface area contributed by atoms with E-state index in [9.17, 15) is 4.57 Å². The van der Waals surface area contributed by atoms with E-state index >= 15 is 0 Å². The number of hydrogen-bond donors (Lipinski definition) is 1. The molecular weight excluding hydrogens is 106 g/mol. The summed E-state index contributed by atoms with van der Waals surface area (Å²) in [5.41, 5.74) is 0. The predicted octanol–water partition coefficient (Wildman–Crippen LogP) is 0.286. The predicted molar refractivity (Wildman–Crippen MR) is 25.8 cm³/mol. The topological polar surface area (TPSA) is 37.3 Å². The van der Waals surface area contributed by atoms with Crippen LogP contribution in [0.15, 0.2) is 0 Å². The fraction of sp³-hybridized carbons (Fsp3) is 1.00. The summed E-state index contributed by atoms with van der Waals surface area (Å²) in [7, 11) is -5.14. The summed E-state index contributed by atoms with van der Waals surface area (Å²) in [5, 5.41) is 8.32. The lowest BCUT2D eigenvalue weighted by molar-refractivity contribution is 0.365. The first kappa shape index (κ1) is 1.61. The average molecular weight is 118 g/mol. The molecule has 32 valence electrons. The molecule has 1 N–H and O–H groups in total. The molecule has 3 atom stereocenters. The highest BCUT2D eigenvalue weighted by Crippen LogP contribution is 2.27. The van der Waals surface area contributed by atoms with E-state index in [1.165, 1.54) is 0 Å². The van der Waals surface area contributed by atoms with Gasteiger partial charge in [0.1, 0.15) is 8.71 Å². The summed E-state index contributed by atoms with van der Waals surface area (Å²) >= 11 is 0. The minimum Gasteiger partial charge on any atom is -0.389 e. The largest absolute Gasteiger partial charge is 0.389 e. The van der Waals surface area contributed by atoms with Crippen LogP contribution < -0.4 is 0 Å². The Kier molecular flexibility index (Phi) is 0.916. The Balaban J connectivity index is 4.35. The van der Waals surface area contributed by atoms with Crippen molar-refractivity contribution in [3.05, 3.63) is 0 Å². The number of aliphatic hydroxyl groups is 1. The molecule has 0 aromatic rings. The van der Waals surface area contributed by atoms with Crippen LogP contribution in [0.1, 0.15) is 2.74 Å². The van der Waals surface area contributed by atoms with Crippen LogP contribution in [0.4, 0.5) is 0 Å². The van der Waals surface area contributed by atoms with Crippen molar-refractivity contribution in [1.82, 2.24) is 0 Å². The highest BCUT2D eigenvalue weighted by molar-refractivity contribution is 8.06. The van der Waals surface area contributed by atoms with Crippen molar-refractivity contribution in [1.29, 1.82) is 2.56 Å². The monoisotopic (exact) mass is 118 g/mol. The average Bonchev–Trinajstić information content (AvgIpc) is 1.64. The number of hydrogen-bond acceptors (Lipinski definition) is 2. The molecule has 3 unspecified atom stereocenters. The van der Waals surface area contributed by atoms with Crippen molar-refractivity contribution in [2.45, 2.75) is 0 Å². The highest BCUT2D eigenvalue weighted by Gasteiger charge is 1.75. The summed E-state index contributed by atoms with van der Waals surface area (Å²) in [6, 6.07) is 0. The summed E-state index contributed by atoms with van der Waals surface area (Å²) in [6.07, 6.45) is -3.01. The quantitative estimate of drug-likeness (QED) is 0.529. The van der Waals surface area contributed by atoms with E-state index in [-0.39, 0.29) is 0 Å². The van der Waals surface area contributed by atoms with E-state index in [0.29, 0.717) is 0 Å². The maximum atomic E-state index is 10.5. The lowest BCUT2D eigenvalue weighted by Crippen LogP contribution is -1.57. The van der Waals surface area contributed by atoms with Crippen LogP contribution in [0, 0.1) is 0 Å². The maximum absolute atomic E-state index is 10.5. The molecule has 0 heterocycles. The van der Waals surface area contributed by atoms with Crippen molar-refractivity contribution in [3.63, 3.8) is 0 Å². The first-order valence-electron chi connectivity index (χ1n) is 2.80. The third-order valence-corrected chi connectivity index (χ3v) is 0.572. The molecule has 0 aliphatic carbocycles.